The number of rotatable bonds is 7. The molecule has 6 heteroatoms. The Bertz CT molecular complexity index is 451. The van der Waals surface area contributed by atoms with E-state index in [0.717, 1.165) is 58.3 Å². The summed E-state index contributed by atoms with van der Waals surface area (Å²) in [5.74, 6) is 0.527. The van der Waals surface area contributed by atoms with Gasteiger partial charge in [-0.15, -0.1) is 0 Å². The summed E-state index contributed by atoms with van der Waals surface area (Å²) in [7, 11) is 1.66. The third-order valence-corrected chi connectivity index (χ3v) is 5.98. The molecule has 144 valence electrons. The van der Waals surface area contributed by atoms with Crippen molar-refractivity contribution in [2.75, 3.05) is 39.9 Å². The zero-order chi connectivity index (χ0) is 18.4. The Morgan fingerprint density at radius 2 is 1.76 bits per heavy atom. The summed E-state index contributed by atoms with van der Waals surface area (Å²) in [6.45, 7) is 8.31. The average Bonchev–Trinajstić information content (AvgIpc) is 2.60. The molecule has 0 aromatic rings. The highest BCUT2D eigenvalue weighted by Gasteiger charge is 2.41. The third kappa shape index (κ3) is 5.17. The maximum absolute atomic E-state index is 12.2. The van der Waals surface area contributed by atoms with Crippen LogP contribution in [-0.4, -0.2) is 67.6 Å². The summed E-state index contributed by atoms with van der Waals surface area (Å²) in [4.78, 5) is 28.7. The number of ether oxygens (including phenoxy) is 1. The van der Waals surface area contributed by atoms with Gasteiger partial charge in [-0.3, -0.25) is 9.59 Å². The summed E-state index contributed by atoms with van der Waals surface area (Å²) in [5.41, 5.74) is 5.30. The molecule has 6 nitrogen and oxygen atoms in total. The van der Waals surface area contributed by atoms with Crippen LogP contribution in [0.5, 0.6) is 0 Å². The van der Waals surface area contributed by atoms with Crippen LogP contribution < -0.4 is 5.73 Å². The SMILES string of the molecule is COCCC1(C(N)=O)CCN(C2CCN(C(=O)CC(C)C)CC2)CC1. The lowest BCUT2D eigenvalue weighted by atomic mass is 9.74. The molecule has 0 bridgehead atoms. The molecule has 0 atom stereocenters. The normalized spacial score (nSPS) is 22.3. The van der Waals surface area contributed by atoms with Crippen molar-refractivity contribution in [2.24, 2.45) is 17.1 Å². The van der Waals surface area contributed by atoms with Crippen molar-refractivity contribution in [3.8, 4) is 0 Å². The van der Waals surface area contributed by atoms with Gasteiger partial charge in [0.05, 0.1) is 5.41 Å². The number of piperidine rings is 2. The number of likely N-dealkylation sites (tertiary alicyclic amines) is 2. The van der Waals surface area contributed by atoms with Gasteiger partial charge in [0.25, 0.3) is 0 Å². The van der Waals surface area contributed by atoms with E-state index < -0.39 is 5.41 Å². The van der Waals surface area contributed by atoms with Crippen molar-refractivity contribution in [1.82, 2.24) is 9.80 Å². The van der Waals surface area contributed by atoms with Crippen LogP contribution >= 0.6 is 0 Å². The van der Waals surface area contributed by atoms with Gasteiger partial charge in [-0.05, 0) is 51.1 Å². The third-order valence-electron chi connectivity index (χ3n) is 5.98. The van der Waals surface area contributed by atoms with E-state index in [1.54, 1.807) is 7.11 Å². The van der Waals surface area contributed by atoms with Crippen molar-refractivity contribution < 1.29 is 14.3 Å². The highest BCUT2D eigenvalue weighted by atomic mass is 16.5. The number of nitrogens with zero attached hydrogens (tertiary/aromatic N) is 2. The van der Waals surface area contributed by atoms with Crippen molar-refractivity contribution in [2.45, 2.75) is 58.4 Å². The number of primary amides is 1. The van der Waals surface area contributed by atoms with Crippen LogP contribution in [-0.2, 0) is 14.3 Å². The summed E-state index contributed by atoms with van der Waals surface area (Å²) in [6, 6.07) is 0.524. The number of amides is 2. The minimum absolute atomic E-state index is 0.182. The molecule has 0 aromatic heterocycles. The number of hydrogen-bond donors (Lipinski definition) is 1. The van der Waals surface area contributed by atoms with E-state index in [4.69, 9.17) is 10.5 Å². The second-order valence-electron chi connectivity index (χ2n) is 8.13. The predicted octanol–water partition coefficient (Wildman–Crippen LogP) is 1.63. The Balaban J connectivity index is 1.82. The lowest BCUT2D eigenvalue weighted by molar-refractivity contribution is -0.135. The standard InChI is InChI=1S/C19H35N3O3/c1-15(2)14-17(23)22-9-4-16(5-10-22)21-11-6-19(7-12-21,18(20)24)8-13-25-3/h15-16H,4-14H2,1-3H3,(H2,20,24). The minimum Gasteiger partial charge on any atom is -0.385 e. The molecule has 2 heterocycles. The van der Waals surface area contributed by atoms with Gasteiger partial charge in [0.15, 0.2) is 0 Å². The van der Waals surface area contributed by atoms with Crippen molar-refractivity contribution in [3.05, 3.63) is 0 Å². The Kier molecular flexibility index (Phi) is 7.25. The Morgan fingerprint density at radius 3 is 2.24 bits per heavy atom. The molecule has 25 heavy (non-hydrogen) atoms. The summed E-state index contributed by atoms with van der Waals surface area (Å²) in [6.07, 6.45) is 5.07. The Morgan fingerprint density at radius 1 is 1.16 bits per heavy atom. The first-order valence-corrected chi connectivity index (χ1v) is 9.68. The monoisotopic (exact) mass is 353 g/mol. The number of methoxy groups -OCH3 is 1. The maximum atomic E-state index is 12.2. The summed E-state index contributed by atoms with van der Waals surface area (Å²) >= 11 is 0. The van der Waals surface area contributed by atoms with Gasteiger partial charge in [0, 0.05) is 39.3 Å². The second kappa shape index (κ2) is 8.99. The number of nitrogens with two attached hydrogens (primary N) is 1. The lowest BCUT2D eigenvalue weighted by Crippen LogP contribution is -2.53. The summed E-state index contributed by atoms with van der Waals surface area (Å²) in [5, 5.41) is 0. The fourth-order valence-corrected chi connectivity index (χ4v) is 4.19. The molecule has 0 unspecified atom stereocenters. The average molecular weight is 354 g/mol. The fourth-order valence-electron chi connectivity index (χ4n) is 4.19. The molecule has 0 saturated carbocycles. The van der Waals surface area contributed by atoms with E-state index in [1.165, 1.54) is 0 Å². The van der Waals surface area contributed by atoms with Crippen LogP contribution in [0.4, 0.5) is 0 Å². The number of carbonyl (C=O) groups is 2. The van der Waals surface area contributed by atoms with Crippen LogP contribution in [0, 0.1) is 11.3 Å². The fraction of sp³-hybridized carbons (Fsp3) is 0.895. The highest BCUT2D eigenvalue weighted by Crippen LogP contribution is 2.36. The van der Waals surface area contributed by atoms with E-state index >= 15 is 0 Å². The van der Waals surface area contributed by atoms with Gasteiger partial charge in [0.1, 0.15) is 0 Å². The van der Waals surface area contributed by atoms with Gasteiger partial charge in [0.2, 0.25) is 11.8 Å². The minimum atomic E-state index is -0.402. The van der Waals surface area contributed by atoms with Gasteiger partial charge in [-0.1, -0.05) is 13.8 Å². The molecule has 2 N–H and O–H groups in total. The maximum Gasteiger partial charge on any atom is 0.223 e. The lowest BCUT2D eigenvalue weighted by Gasteiger charge is -2.45. The van der Waals surface area contributed by atoms with Gasteiger partial charge >= 0.3 is 0 Å². The van der Waals surface area contributed by atoms with Crippen LogP contribution in [0.25, 0.3) is 0 Å². The molecule has 2 aliphatic rings. The van der Waals surface area contributed by atoms with E-state index in [0.29, 0.717) is 30.9 Å². The molecule has 2 fully saturated rings. The highest BCUT2D eigenvalue weighted by molar-refractivity contribution is 5.81. The number of hydrogen-bond acceptors (Lipinski definition) is 4. The first-order chi connectivity index (χ1) is 11.9. The van der Waals surface area contributed by atoms with E-state index in [9.17, 15) is 9.59 Å². The predicted molar refractivity (Wildman–Crippen MR) is 98.0 cm³/mol. The molecular formula is C19H35N3O3. The molecule has 0 aliphatic carbocycles. The molecule has 0 aromatic carbocycles. The first kappa shape index (κ1) is 20.2. The van der Waals surface area contributed by atoms with Crippen molar-refractivity contribution in [1.29, 1.82) is 0 Å². The smallest absolute Gasteiger partial charge is 0.223 e. The van der Waals surface area contributed by atoms with E-state index in [-0.39, 0.29) is 5.91 Å². The van der Waals surface area contributed by atoms with Crippen LogP contribution in [0.15, 0.2) is 0 Å². The Labute approximate surface area is 152 Å². The molecule has 2 saturated heterocycles. The topological polar surface area (TPSA) is 75.9 Å². The van der Waals surface area contributed by atoms with Crippen molar-refractivity contribution >= 4 is 11.8 Å². The molecule has 0 spiro atoms. The number of carbonyl (C=O) groups excluding carboxylic acids is 2. The van der Waals surface area contributed by atoms with E-state index in [1.807, 2.05) is 4.90 Å². The van der Waals surface area contributed by atoms with Crippen LogP contribution in [0.3, 0.4) is 0 Å². The molecule has 0 radical (unpaired) electrons. The van der Waals surface area contributed by atoms with Crippen LogP contribution in [0.1, 0.15) is 52.4 Å². The molecule has 2 rings (SSSR count). The second-order valence-corrected chi connectivity index (χ2v) is 8.13. The van der Waals surface area contributed by atoms with Gasteiger partial charge in [-0.2, -0.15) is 0 Å². The largest absolute Gasteiger partial charge is 0.385 e. The van der Waals surface area contributed by atoms with Crippen molar-refractivity contribution in [3.63, 3.8) is 0 Å². The molecule has 2 amide bonds. The zero-order valence-electron chi connectivity index (χ0n) is 16.1. The molecule has 2 aliphatic heterocycles. The Hall–Kier alpha value is -1.14. The van der Waals surface area contributed by atoms with Gasteiger partial charge in [-0.25, -0.2) is 0 Å². The van der Waals surface area contributed by atoms with Crippen LogP contribution in [0.2, 0.25) is 0 Å². The zero-order valence-corrected chi connectivity index (χ0v) is 16.1. The van der Waals surface area contributed by atoms with Gasteiger partial charge < -0.3 is 20.3 Å². The summed E-state index contributed by atoms with van der Waals surface area (Å²) < 4.78 is 5.17. The van der Waals surface area contributed by atoms with E-state index in [2.05, 4.69) is 18.7 Å². The first-order valence-electron chi connectivity index (χ1n) is 9.68. The molecular weight excluding hydrogens is 318 g/mol. The quantitative estimate of drug-likeness (QED) is 0.755.